The van der Waals surface area contributed by atoms with E-state index in [2.05, 4.69) is 23.1 Å². The fourth-order valence-electron chi connectivity index (χ4n) is 3.97. The third-order valence-electron chi connectivity index (χ3n) is 5.62. The van der Waals surface area contributed by atoms with E-state index in [1.54, 1.807) is 42.7 Å². The van der Waals surface area contributed by atoms with Crippen molar-refractivity contribution in [1.82, 2.24) is 4.31 Å². The van der Waals surface area contributed by atoms with Crippen LogP contribution in [-0.2, 0) is 27.7 Å². The van der Waals surface area contributed by atoms with Gasteiger partial charge in [0.2, 0.25) is 10.0 Å². The molecule has 4 rings (SSSR count). The van der Waals surface area contributed by atoms with Crippen LogP contribution >= 0.6 is 0 Å². The van der Waals surface area contributed by atoms with Gasteiger partial charge in [0, 0.05) is 18.8 Å². The van der Waals surface area contributed by atoms with E-state index in [0.29, 0.717) is 24.8 Å². The van der Waals surface area contributed by atoms with Crippen molar-refractivity contribution in [2.45, 2.75) is 31.2 Å². The molecule has 0 atom stereocenters. The highest BCUT2D eigenvalue weighted by Crippen LogP contribution is 2.26. The van der Waals surface area contributed by atoms with Gasteiger partial charge in [-0.15, -0.1) is 0 Å². The number of fused-ring (bicyclic) bond motifs is 1. The molecule has 0 bridgehead atoms. The summed E-state index contributed by atoms with van der Waals surface area (Å²) in [6.45, 7) is 4.39. The van der Waals surface area contributed by atoms with Crippen LogP contribution in [0.2, 0.25) is 0 Å². The first-order valence-corrected chi connectivity index (χ1v) is 12.7. The Bertz CT molecular complexity index is 1110. The Morgan fingerprint density at radius 3 is 2.64 bits per heavy atom. The maximum Gasteiger partial charge on any atom is 0.243 e. The maximum atomic E-state index is 13.4. The number of anilines is 1. The van der Waals surface area contributed by atoms with Crippen LogP contribution in [0.3, 0.4) is 0 Å². The summed E-state index contributed by atoms with van der Waals surface area (Å²) in [4.78, 5) is 2.42. The summed E-state index contributed by atoms with van der Waals surface area (Å²) in [6.07, 6.45) is 3.70. The largest absolute Gasteiger partial charge is 0.494 e. The van der Waals surface area contributed by atoms with Gasteiger partial charge in [-0.2, -0.15) is 4.31 Å². The zero-order valence-corrected chi connectivity index (χ0v) is 19.7. The molecule has 0 aliphatic carbocycles. The molecule has 1 aromatic heterocycles. The number of nitrogens with zero attached hydrogens (tertiary/aromatic N) is 2. The van der Waals surface area contributed by atoms with Gasteiger partial charge in [-0.05, 0) is 67.8 Å². The highest BCUT2D eigenvalue weighted by Gasteiger charge is 2.26. The predicted octanol–water partition coefficient (Wildman–Crippen LogP) is 4.30. The molecule has 1 aliphatic rings. The van der Waals surface area contributed by atoms with E-state index >= 15 is 0 Å². The second-order valence-electron chi connectivity index (χ2n) is 7.86. The molecule has 176 valence electrons. The lowest BCUT2D eigenvalue weighted by atomic mass is 10.0. The molecule has 33 heavy (non-hydrogen) atoms. The van der Waals surface area contributed by atoms with Gasteiger partial charge in [0.1, 0.15) is 18.2 Å². The number of sulfonamides is 1. The van der Waals surface area contributed by atoms with Crippen LogP contribution in [0, 0.1) is 0 Å². The second-order valence-corrected chi connectivity index (χ2v) is 9.79. The molecule has 0 amide bonds. The lowest BCUT2D eigenvalue weighted by Gasteiger charge is -2.31. The Hall–Kier alpha value is -2.81. The fourth-order valence-corrected chi connectivity index (χ4v) is 5.36. The summed E-state index contributed by atoms with van der Waals surface area (Å²) in [5.41, 5.74) is 2.52. The molecule has 0 fully saturated rings. The first kappa shape index (κ1) is 23.4. The normalized spacial score (nSPS) is 13.8. The molecule has 1 aliphatic heterocycles. The lowest BCUT2D eigenvalue weighted by molar-refractivity contribution is 0.119. The molecule has 0 spiro atoms. The zero-order chi connectivity index (χ0) is 23.1. The molecule has 2 aromatic carbocycles. The van der Waals surface area contributed by atoms with Crippen molar-refractivity contribution in [1.29, 1.82) is 0 Å². The third kappa shape index (κ3) is 5.76. The van der Waals surface area contributed by atoms with Crippen molar-refractivity contribution in [2.75, 3.05) is 37.9 Å². The van der Waals surface area contributed by atoms with Crippen LogP contribution in [0.4, 0.5) is 5.69 Å². The van der Waals surface area contributed by atoms with Crippen molar-refractivity contribution in [3.63, 3.8) is 0 Å². The average molecular weight is 471 g/mol. The summed E-state index contributed by atoms with van der Waals surface area (Å²) < 4.78 is 44.9. The van der Waals surface area contributed by atoms with Crippen molar-refractivity contribution in [3.05, 3.63) is 78.3 Å². The van der Waals surface area contributed by atoms with Crippen LogP contribution in [0.15, 0.2) is 76.2 Å². The molecule has 0 saturated carbocycles. The maximum absolute atomic E-state index is 13.4. The Morgan fingerprint density at radius 2 is 1.88 bits per heavy atom. The number of benzene rings is 2. The van der Waals surface area contributed by atoms with Gasteiger partial charge < -0.3 is 18.8 Å². The highest BCUT2D eigenvalue weighted by molar-refractivity contribution is 7.89. The fraction of sp³-hybridized carbons (Fsp3) is 0.360. The van der Waals surface area contributed by atoms with Gasteiger partial charge in [-0.3, -0.25) is 0 Å². The Labute approximate surface area is 195 Å². The second kappa shape index (κ2) is 10.9. The number of rotatable bonds is 11. The van der Waals surface area contributed by atoms with E-state index < -0.39 is 10.0 Å². The van der Waals surface area contributed by atoms with Gasteiger partial charge in [0.05, 0.1) is 30.9 Å². The summed E-state index contributed by atoms with van der Waals surface area (Å²) in [5, 5.41) is 0. The van der Waals surface area contributed by atoms with Crippen LogP contribution in [-0.4, -0.2) is 45.8 Å². The van der Waals surface area contributed by atoms with Gasteiger partial charge >= 0.3 is 0 Å². The van der Waals surface area contributed by atoms with E-state index in [-0.39, 0.29) is 24.6 Å². The molecule has 7 nitrogen and oxygen atoms in total. The SMILES string of the molecule is CCOc1ccc(S(=O)(=O)N(CCOCN2CCCc3ccccc32)Cc2ccco2)cc1. The molecular weight excluding hydrogens is 440 g/mol. The van der Waals surface area contributed by atoms with Crippen LogP contribution in [0.1, 0.15) is 24.7 Å². The number of furan rings is 1. The van der Waals surface area contributed by atoms with Gasteiger partial charge in [-0.25, -0.2) is 8.42 Å². The van der Waals surface area contributed by atoms with E-state index in [9.17, 15) is 8.42 Å². The van der Waals surface area contributed by atoms with Gasteiger partial charge in [-0.1, -0.05) is 18.2 Å². The monoisotopic (exact) mass is 470 g/mol. The van der Waals surface area contributed by atoms with E-state index in [1.807, 2.05) is 13.0 Å². The third-order valence-corrected chi connectivity index (χ3v) is 7.48. The Kier molecular flexibility index (Phi) is 7.69. The smallest absolute Gasteiger partial charge is 0.243 e. The number of hydrogen-bond donors (Lipinski definition) is 0. The van der Waals surface area contributed by atoms with Crippen molar-refractivity contribution < 1.29 is 22.3 Å². The van der Waals surface area contributed by atoms with Crippen molar-refractivity contribution in [3.8, 4) is 5.75 Å². The molecule has 8 heteroatoms. The van der Waals surface area contributed by atoms with Crippen LogP contribution in [0.25, 0.3) is 0 Å². The van der Waals surface area contributed by atoms with Crippen LogP contribution < -0.4 is 9.64 Å². The highest BCUT2D eigenvalue weighted by atomic mass is 32.2. The summed E-state index contributed by atoms with van der Waals surface area (Å²) >= 11 is 0. The summed E-state index contributed by atoms with van der Waals surface area (Å²) in [7, 11) is -3.74. The van der Waals surface area contributed by atoms with Gasteiger partial charge in [0.25, 0.3) is 0 Å². The van der Waals surface area contributed by atoms with Crippen molar-refractivity contribution >= 4 is 15.7 Å². The molecule has 3 aromatic rings. The zero-order valence-electron chi connectivity index (χ0n) is 18.9. The average Bonchev–Trinajstić information content (AvgIpc) is 3.35. The minimum atomic E-state index is -3.74. The van der Waals surface area contributed by atoms with Crippen LogP contribution in [0.5, 0.6) is 5.75 Å². The number of hydrogen-bond acceptors (Lipinski definition) is 6. The molecule has 0 radical (unpaired) electrons. The molecule has 2 heterocycles. The molecular formula is C25H30N2O5S. The minimum Gasteiger partial charge on any atom is -0.494 e. The first-order chi connectivity index (χ1) is 16.1. The Morgan fingerprint density at radius 1 is 1.06 bits per heavy atom. The molecule has 0 unspecified atom stereocenters. The first-order valence-electron chi connectivity index (χ1n) is 11.2. The minimum absolute atomic E-state index is 0.137. The standard InChI is InChI=1S/C25H30N2O5S/c1-2-31-22-11-13-24(14-12-22)33(28,29)27(19-23-9-6-17-32-23)16-18-30-20-26-15-5-8-21-7-3-4-10-25(21)26/h3-4,6-7,9-14,17H,2,5,8,15-16,18-20H2,1H3. The van der Waals surface area contributed by atoms with E-state index in [1.165, 1.54) is 15.6 Å². The lowest BCUT2D eigenvalue weighted by Crippen LogP contribution is -2.36. The topological polar surface area (TPSA) is 72.2 Å². The number of aryl methyl sites for hydroxylation is 1. The number of ether oxygens (including phenoxy) is 2. The van der Waals surface area contributed by atoms with E-state index in [4.69, 9.17) is 13.9 Å². The van der Waals surface area contributed by atoms with Crippen molar-refractivity contribution in [2.24, 2.45) is 0 Å². The summed E-state index contributed by atoms with van der Waals surface area (Å²) in [5.74, 6) is 1.22. The molecule has 0 saturated heterocycles. The van der Waals surface area contributed by atoms with Gasteiger partial charge in [0.15, 0.2) is 0 Å². The summed E-state index contributed by atoms with van der Waals surface area (Å²) in [6, 6.07) is 18.4. The quantitative estimate of drug-likeness (QED) is 0.389. The number of para-hydroxylation sites is 1. The predicted molar refractivity (Wildman–Crippen MR) is 127 cm³/mol. The van der Waals surface area contributed by atoms with E-state index in [0.717, 1.165) is 19.4 Å². The Balaban J connectivity index is 1.42. The molecule has 0 N–H and O–H groups in total.